The molecule has 1 N–H and O–H groups in total. The number of carbonyl (C=O) groups is 1. The lowest BCUT2D eigenvalue weighted by Gasteiger charge is -2.20. The monoisotopic (exact) mass is 478 g/mol. The highest BCUT2D eigenvalue weighted by Crippen LogP contribution is 2.24. The van der Waals surface area contributed by atoms with Gasteiger partial charge >= 0.3 is 0 Å². The number of fused-ring (bicyclic) bond motifs is 1. The van der Waals surface area contributed by atoms with E-state index in [1.807, 2.05) is 36.4 Å². The van der Waals surface area contributed by atoms with Gasteiger partial charge < -0.3 is 9.64 Å². The van der Waals surface area contributed by atoms with Crippen LogP contribution in [0.2, 0.25) is 0 Å². The first-order chi connectivity index (χ1) is 16.3. The van der Waals surface area contributed by atoms with Crippen LogP contribution in [0, 0.1) is 5.82 Å². The maximum absolute atomic E-state index is 13.2. The van der Waals surface area contributed by atoms with Crippen molar-refractivity contribution in [2.75, 3.05) is 18.9 Å². The van der Waals surface area contributed by atoms with Gasteiger partial charge in [0.05, 0.1) is 23.3 Å². The topological polar surface area (TPSA) is 75.7 Å². The molecule has 0 unspecified atom stereocenters. The molecule has 0 aliphatic heterocycles. The van der Waals surface area contributed by atoms with Gasteiger partial charge in [-0.05, 0) is 70.9 Å². The Morgan fingerprint density at radius 1 is 0.941 bits per heavy atom. The summed E-state index contributed by atoms with van der Waals surface area (Å²) in [4.78, 5) is 14.6. The number of nitrogens with one attached hydrogen (secondary N) is 1. The maximum Gasteiger partial charge on any atom is 0.261 e. The van der Waals surface area contributed by atoms with E-state index in [4.69, 9.17) is 4.74 Å². The quantitative estimate of drug-likeness (QED) is 0.403. The molecular weight excluding hydrogens is 455 g/mol. The van der Waals surface area contributed by atoms with E-state index in [1.165, 1.54) is 23.1 Å². The lowest BCUT2D eigenvalue weighted by atomic mass is 10.1. The molecule has 0 saturated carbocycles. The second-order valence-corrected chi connectivity index (χ2v) is 9.50. The van der Waals surface area contributed by atoms with Crippen molar-refractivity contribution in [2.45, 2.75) is 11.4 Å². The third-order valence-corrected chi connectivity index (χ3v) is 6.79. The Kier molecular flexibility index (Phi) is 6.51. The van der Waals surface area contributed by atoms with Crippen molar-refractivity contribution in [3.63, 3.8) is 0 Å². The molecule has 0 aromatic heterocycles. The molecule has 174 valence electrons. The van der Waals surface area contributed by atoms with E-state index in [0.717, 1.165) is 34.2 Å². The summed E-state index contributed by atoms with van der Waals surface area (Å²) in [5.41, 5.74) is 1.29. The van der Waals surface area contributed by atoms with E-state index in [0.29, 0.717) is 6.54 Å². The molecule has 0 radical (unpaired) electrons. The average molecular weight is 479 g/mol. The molecule has 0 fully saturated rings. The average Bonchev–Trinajstić information content (AvgIpc) is 2.83. The fraction of sp³-hybridized carbons (Fsp3) is 0.115. The van der Waals surface area contributed by atoms with Crippen molar-refractivity contribution in [3.05, 3.63) is 102 Å². The van der Waals surface area contributed by atoms with Crippen LogP contribution in [-0.4, -0.2) is 33.4 Å². The summed E-state index contributed by atoms with van der Waals surface area (Å²) in [6.45, 7) is 0.333. The van der Waals surface area contributed by atoms with Crippen LogP contribution >= 0.6 is 0 Å². The molecule has 1 amide bonds. The predicted octanol–water partition coefficient (Wildman–Crippen LogP) is 5.06. The zero-order chi connectivity index (χ0) is 24.3. The van der Waals surface area contributed by atoms with Gasteiger partial charge in [0.2, 0.25) is 0 Å². The number of anilines is 1. The van der Waals surface area contributed by atoms with E-state index >= 15 is 0 Å². The third-order valence-electron chi connectivity index (χ3n) is 5.40. The van der Waals surface area contributed by atoms with E-state index in [9.17, 15) is 17.6 Å². The molecule has 8 heteroatoms. The molecule has 4 aromatic rings. The fourth-order valence-corrected chi connectivity index (χ4v) is 4.71. The first kappa shape index (κ1) is 23.3. The Morgan fingerprint density at radius 2 is 1.62 bits per heavy atom. The molecule has 0 atom stereocenters. The molecular formula is C26H23FN2O4S. The van der Waals surface area contributed by atoms with Crippen LogP contribution < -0.4 is 9.46 Å². The molecule has 4 aromatic carbocycles. The van der Waals surface area contributed by atoms with E-state index in [2.05, 4.69) is 4.72 Å². The van der Waals surface area contributed by atoms with Crippen LogP contribution in [0.5, 0.6) is 5.75 Å². The number of hydrogen-bond acceptors (Lipinski definition) is 4. The van der Waals surface area contributed by atoms with Crippen molar-refractivity contribution < 1.29 is 22.3 Å². The van der Waals surface area contributed by atoms with Crippen molar-refractivity contribution >= 4 is 32.4 Å². The van der Waals surface area contributed by atoms with E-state index < -0.39 is 15.8 Å². The number of amides is 1. The summed E-state index contributed by atoms with van der Waals surface area (Å²) < 4.78 is 46.4. The highest BCUT2D eigenvalue weighted by atomic mass is 32.2. The molecule has 34 heavy (non-hydrogen) atoms. The number of ether oxygens (including phenoxy) is 1. The Balaban J connectivity index is 1.55. The first-order valence-electron chi connectivity index (χ1n) is 10.5. The Bertz CT molecular complexity index is 1450. The van der Waals surface area contributed by atoms with Crippen LogP contribution in [-0.2, 0) is 16.6 Å². The number of methoxy groups -OCH3 is 1. The van der Waals surface area contributed by atoms with Crippen LogP contribution in [0.4, 0.5) is 10.1 Å². The van der Waals surface area contributed by atoms with Crippen LogP contribution in [0.1, 0.15) is 15.9 Å². The van der Waals surface area contributed by atoms with Crippen molar-refractivity contribution in [1.82, 2.24) is 4.90 Å². The van der Waals surface area contributed by atoms with Gasteiger partial charge in [-0.2, -0.15) is 0 Å². The van der Waals surface area contributed by atoms with Crippen LogP contribution in [0.3, 0.4) is 0 Å². The lowest BCUT2D eigenvalue weighted by molar-refractivity contribution is 0.0786. The van der Waals surface area contributed by atoms with Crippen molar-refractivity contribution in [1.29, 1.82) is 0 Å². The molecule has 0 heterocycles. The number of rotatable bonds is 7. The standard InChI is InChI=1S/C26H23FN2O4S/c1-29(17-18-7-8-20-16-22(33-2)12-9-19(20)15-18)26(30)24-5-3-4-6-25(24)28-34(31,32)23-13-10-21(27)11-14-23/h3-16,28H,17H2,1-2H3. The van der Waals surface area contributed by atoms with Gasteiger partial charge in [0.15, 0.2) is 0 Å². The molecule has 0 aliphatic rings. The Labute approximate surface area is 197 Å². The molecule has 0 spiro atoms. The van der Waals surface area contributed by atoms with Gasteiger partial charge in [0.25, 0.3) is 15.9 Å². The Hall–Kier alpha value is -3.91. The number of para-hydroxylation sites is 1. The minimum atomic E-state index is -4.00. The number of halogens is 1. The van der Waals surface area contributed by atoms with Gasteiger partial charge in [0, 0.05) is 13.6 Å². The summed E-state index contributed by atoms with van der Waals surface area (Å²) in [7, 11) is -0.721. The predicted molar refractivity (Wildman–Crippen MR) is 130 cm³/mol. The number of hydrogen-bond donors (Lipinski definition) is 1. The minimum absolute atomic E-state index is 0.0997. The minimum Gasteiger partial charge on any atom is -0.497 e. The van der Waals surface area contributed by atoms with Crippen LogP contribution in [0.15, 0.2) is 89.8 Å². The first-order valence-corrected chi connectivity index (χ1v) is 11.9. The second-order valence-electron chi connectivity index (χ2n) is 7.81. The SMILES string of the molecule is COc1ccc2cc(CN(C)C(=O)c3ccccc3NS(=O)(=O)c3ccc(F)cc3)ccc2c1. The lowest BCUT2D eigenvalue weighted by Crippen LogP contribution is -2.27. The Morgan fingerprint density at radius 3 is 2.35 bits per heavy atom. The fourth-order valence-electron chi connectivity index (χ4n) is 3.63. The van der Waals surface area contributed by atoms with Gasteiger partial charge in [0.1, 0.15) is 11.6 Å². The third kappa shape index (κ3) is 5.02. The second kappa shape index (κ2) is 9.52. The van der Waals surface area contributed by atoms with Crippen molar-refractivity contribution in [3.8, 4) is 5.75 Å². The van der Waals surface area contributed by atoms with Gasteiger partial charge in [-0.3, -0.25) is 9.52 Å². The summed E-state index contributed by atoms with van der Waals surface area (Å²) >= 11 is 0. The highest BCUT2D eigenvalue weighted by molar-refractivity contribution is 7.92. The molecule has 0 aliphatic carbocycles. The van der Waals surface area contributed by atoms with Crippen LogP contribution in [0.25, 0.3) is 10.8 Å². The van der Waals surface area contributed by atoms with Gasteiger partial charge in [-0.15, -0.1) is 0 Å². The number of sulfonamides is 1. The zero-order valence-corrected chi connectivity index (χ0v) is 19.5. The zero-order valence-electron chi connectivity index (χ0n) is 18.7. The number of nitrogens with zero attached hydrogens (tertiary/aromatic N) is 1. The number of benzene rings is 4. The maximum atomic E-state index is 13.2. The smallest absolute Gasteiger partial charge is 0.261 e. The summed E-state index contributed by atoms with van der Waals surface area (Å²) in [6, 6.07) is 22.6. The van der Waals surface area contributed by atoms with Crippen molar-refractivity contribution in [2.24, 2.45) is 0 Å². The van der Waals surface area contributed by atoms with Gasteiger partial charge in [-0.1, -0.05) is 30.3 Å². The summed E-state index contributed by atoms with van der Waals surface area (Å²) in [6.07, 6.45) is 0. The van der Waals surface area contributed by atoms with E-state index in [-0.39, 0.29) is 22.1 Å². The number of carbonyl (C=O) groups excluding carboxylic acids is 1. The molecule has 4 rings (SSSR count). The molecule has 0 bridgehead atoms. The van der Waals surface area contributed by atoms with E-state index in [1.54, 1.807) is 32.4 Å². The summed E-state index contributed by atoms with van der Waals surface area (Å²) in [5.74, 6) is -0.108. The largest absolute Gasteiger partial charge is 0.497 e. The molecule has 6 nitrogen and oxygen atoms in total. The van der Waals surface area contributed by atoms with Gasteiger partial charge in [-0.25, -0.2) is 12.8 Å². The normalized spacial score (nSPS) is 11.3. The molecule has 0 saturated heterocycles. The highest BCUT2D eigenvalue weighted by Gasteiger charge is 2.21. The summed E-state index contributed by atoms with van der Waals surface area (Å²) in [5, 5.41) is 2.05.